The van der Waals surface area contributed by atoms with Gasteiger partial charge in [-0.25, -0.2) is 0 Å². The minimum Gasteiger partial charge on any atom is -0.258 e. The topological polar surface area (TPSA) is 91.7 Å². The number of non-ortho nitro benzene ring substituents is 1. The van der Waals surface area contributed by atoms with Gasteiger partial charge in [-0.1, -0.05) is 11.6 Å². The third-order valence-electron chi connectivity index (χ3n) is 2.47. The van der Waals surface area contributed by atoms with Crippen molar-refractivity contribution in [2.75, 3.05) is 0 Å². The van der Waals surface area contributed by atoms with Gasteiger partial charge < -0.3 is 0 Å². The van der Waals surface area contributed by atoms with Crippen LogP contribution in [0.3, 0.4) is 0 Å². The van der Waals surface area contributed by atoms with Gasteiger partial charge in [0, 0.05) is 12.1 Å². The van der Waals surface area contributed by atoms with Crippen LogP contribution in [0.1, 0.15) is 5.56 Å². The van der Waals surface area contributed by atoms with E-state index in [1.54, 1.807) is 24.3 Å². The molecule has 2 aromatic carbocycles. The number of rotatable bonds is 3. The summed E-state index contributed by atoms with van der Waals surface area (Å²) < 4.78 is 0.374. The molecule has 8 heteroatoms. The molecule has 2 rings (SSSR count). The third kappa shape index (κ3) is 3.62. The van der Waals surface area contributed by atoms with Crippen LogP contribution in [0.2, 0.25) is 5.02 Å². The minimum absolute atomic E-state index is 0.119. The highest BCUT2D eigenvalue weighted by molar-refractivity contribution is 9.10. The van der Waals surface area contributed by atoms with Crippen molar-refractivity contribution >= 4 is 44.6 Å². The molecule has 6 nitrogen and oxygen atoms in total. The fourth-order valence-electron chi connectivity index (χ4n) is 1.46. The number of benzene rings is 2. The molecule has 21 heavy (non-hydrogen) atoms. The molecule has 104 valence electrons. The van der Waals surface area contributed by atoms with E-state index in [-0.39, 0.29) is 10.7 Å². The Morgan fingerprint density at radius 1 is 1.24 bits per heavy atom. The summed E-state index contributed by atoms with van der Waals surface area (Å²) in [7, 11) is 0. The first kappa shape index (κ1) is 15.1. The Hall–Kier alpha value is -2.30. The SMILES string of the molecule is N#Cc1ccc(N=Nc2c(Cl)cc([N+](=O)[O-])cc2Br)cc1. The number of nitro groups is 1. The Morgan fingerprint density at radius 3 is 2.43 bits per heavy atom. The second-order valence-corrected chi connectivity index (χ2v) is 5.14. The van der Waals surface area contributed by atoms with Crippen molar-refractivity contribution < 1.29 is 4.92 Å². The number of nitro benzene ring substituents is 1. The maximum atomic E-state index is 10.7. The molecule has 0 saturated heterocycles. The first-order valence-electron chi connectivity index (χ1n) is 5.56. The summed E-state index contributed by atoms with van der Waals surface area (Å²) in [5.74, 6) is 0. The van der Waals surface area contributed by atoms with Crippen molar-refractivity contribution in [3.63, 3.8) is 0 Å². The van der Waals surface area contributed by atoms with E-state index in [1.807, 2.05) is 6.07 Å². The lowest BCUT2D eigenvalue weighted by atomic mass is 10.2. The van der Waals surface area contributed by atoms with Crippen LogP contribution in [0.5, 0.6) is 0 Å². The molecular formula is C13H6BrClN4O2. The number of azo groups is 1. The van der Waals surface area contributed by atoms with Crippen LogP contribution in [0.25, 0.3) is 0 Å². The summed E-state index contributed by atoms with van der Waals surface area (Å²) >= 11 is 9.14. The molecule has 2 aromatic rings. The largest absolute Gasteiger partial charge is 0.272 e. The van der Waals surface area contributed by atoms with Crippen molar-refractivity contribution in [1.82, 2.24) is 0 Å². The molecule has 0 bridgehead atoms. The number of hydrogen-bond acceptors (Lipinski definition) is 5. The summed E-state index contributed by atoms with van der Waals surface area (Å²) in [6.45, 7) is 0. The summed E-state index contributed by atoms with van der Waals surface area (Å²) in [5, 5.41) is 27.5. The highest BCUT2D eigenvalue weighted by Crippen LogP contribution is 2.37. The Bertz CT molecular complexity index is 746. The highest BCUT2D eigenvalue weighted by Gasteiger charge is 2.14. The lowest BCUT2D eigenvalue weighted by molar-refractivity contribution is -0.384. The monoisotopic (exact) mass is 364 g/mol. The predicted molar refractivity (Wildman–Crippen MR) is 81.1 cm³/mol. The van der Waals surface area contributed by atoms with Gasteiger partial charge in [0.15, 0.2) is 0 Å². The van der Waals surface area contributed by atoms with E-state index in [2.05, 4.69) is 26.2 Å². The van der Waals surface area contributed by atoms with Gasteiger partial charge in [-0.05, 0) is 40.2 Å². The fraction of sp³-hybridized carbons (Fsp3) is 0. The van der Waals surface area contributed by atoms with E-state index in [9.17, 15) is 10.1 Å². The molecule has 0 aliphatic carbocycles. The van der Waals surface area contributed by atoms with Crippen molar-refractivity contribution in [3.8, 4) is 6.07 Å². The number of nitrogens with zero attached hydrogens (tertiary/aromatic N) is 4. The molecule has 0 atom stereocenters. The molecule has 0 amide bonds. The summed E-state index contributed by atoms with van der Waals surface area (Å²) in [6, 6.07) is 11.0. The van der Waals surface area contributed by atoms with E-state index in [0.717, 1.165) is 0 Å². The van der Waals surface area contributed by atoms with Gasteiger partial charge in [-0.2, -0.15) is 10.4 Å². The van der Waals surface area contributed by atoms with Crippen LogP contribution in [0.15, 0.2) is 51.1 Å². The molecule has 0 heterocycles. The zero-order chi connectivity index (χ0) is 15.4. The first-order valence-corrected chi connectivity index (χ1v) is 6.73. The van der Waals surface area contributed by atoms with Gasteiger partial charge in [0.2, 0.25) is 0 Å². The smallest absolute Gasteiger partial charge is 0.258 e. The van der Waals surface area contributed by atoms with Crippen LogP contribution >= 0.6 is 27.5 Å². The maximum absolute atomic E-state index is 10.7. The van der Waals surface area contributed by atoms with Gasteiger partial charge in [0.1, 0.15) is 5.69 Å². The van der Waals surface area contributed by atoms with Crippen LogP contribution in [0.4, 0.5) is 17.1 Å². The average molecular weight is 366 g/mol. The minimum atomic E-state index is -0.543. The Kier molecular flexibility index (Phi) is 4.62. The molecule has 0 radical (unpaired) electrons. The third-order valence-corrected chi connectivity index (χ3v) is 3.37. The van der Waals surface area contributed by atoms with Gasteiger partial charge in [-0.3, -0.25) is 10.1 Å². The molecule has 0 aliphatic rings. The first-order chi connectivity index (χ1) is 10.0. The standard InChI is InChI=1S/C13H6BrClN4O2/c14-11-5-10(19(20)21)6-12(15)13(11)18-17-9-3-1-8(7-16)2-4-9/h1-6H. The zero-order valence-electron chi connectivity index (χ0n) is 10.3. The highest BCUT2D eigenvalue weighted by atomic mass is 79.9. The van der Waals surface area contributed by atoms with Gasteiger partial charge in [0.25, 0.3) is 5.69 Å². The zero-order valence-corrected chi connectivity index (χ0v) is 12.7. The van der Waals surface area contributed by atoms with Crippen LogP contribution < -0.4 is 0 Å². The van der Waals surface area contributed by atoms with Crippen LogP contribution in [-0.2, 0) is 0 Å². The van der Waals surface area contributed by atoms with Crippen LogP contribution in [-0.4, -0.2) is 4.92 Å². The molecule has 0 N–H and O–H groups in total. The lowest BCUT2D eigenvalue weighted by Crippen LogP contribution is -1.87. The molecule has 0 fully saturated rings. The lowest BCUT2D eigenvalue weighted by Gasteiger charge is -2.01. The normalized spacial score (nSPS) is 10.5. The Balaban J connectivity index is 2.32. The average Bonchev–Trinajstić information content (AvgIpc) is 2.46. The van der Waals surface area contributed by atoms with E-state index < -0.39 is 4.92 Å². The van der Waals surface area contributed by atoms with Crippen molar-refractivity contribution in [2.24, 2.45) is 10.2 Å². The fourth-order valence-corrected chi connectivity index (χ4v) is 2.36. The predicted octanol–water partition coefficient (Wildman–Crippen LogP) is 5.30. The number of nitriles is 1. The molecule has 0 aliphatic heterocycles. The second-order valence-electron chi connectivity index (χ2n) is 3.87. The van der Waals surface area contributed by atoms with Crippen molar-refractivity contribution in [1.29, 1.82) is 5.26 Å². The molecular weight excluding hydrogens is 360 g/mol. The van der Waals surface area contributed by atoms with Gasteiger partial charge in [0.05, 0.1) is 31.7 Å². The van der Waals surface area contributed by atoms with E-state index >= 15 is 0 Å². The Labute approximate surface area is 133 Å². The summed E-state index contributed by atoms with van der Waals surface area (Å²) in [4.78, 5) is 10.2. The van der Waals surface area contributed by atoms with Gasteiger partial charge in [-0.15, -0.1) is 5.11 Å². The number of hydrogen-bond donors (Lipinski definition) is 0. The maximum Gasteiger partial charge on any atom is 0.272 e. The van der Waals surface area contributed by atoms with E-state index in [1.165, 1.54) is 12.1 Å². The summed E-state index contributed by atoms with van der Waals surface area (Å²) in [5.41, 5.74) is 1.22. The molecule has 0 spiro atoms. The quantitative estimate of drug-likeness (QED) is 0.420. The molecule has 0 saturated carbocycles. The number of halogens is 2. The molecule has 0 unspecified atom stereocenters. The van der Waals surface area contributed by atoms with E-state index in [4.69, 9.17) is 16.9 Å². The van der Waals surface area contributed by atoms with Crippen molar-refractivity contribution in [2.45, 2.75) is 0 Å². The second kappa shape index (κ2) is 6.43. The van der Waals surface area contributed by atoms with E-state index in [0.29, 0.717) is 21.4 Å². The van der Waals surface area contributed by atoms with Gasteiger partial charge >= 0.3 is 0 Å². The summed E-state index contributed by atoms with van der Waals surface area (Å²) in [6.07, 6.45) is 0. The molecule has 0 aromatic heterocycles. The Morgan fingerprint density at radius 2 is 1.90 bits per heavy atom. The van der Waals surface area contributed by atoms with Crippen molar-refractivity contribution in [3.05, 3.63) is 61.6 Å². The van der Waals surface area contributed by atoms with Crippen LogP contribution in [0, 0.1) is 21.4 Å².